The lowest BCUT2D eigenvalue weighted by Gasteiger charge is -2.10. The van der Waals surface area contributed by atoms with Gasteiger partial charge in [0.1, 0.15) is 0 Å². The average molecular weight is 296 g/mol. The van der Waals surface area contributed by atoms with Crippen LogP contribution in [0.4, 0.5) is 0 Å². The molecule has 2 aromatic rings. The zero-order valence-electron chi connectivity index (χ0n) is 9.03. The van der Waals surface area contributed by atoms with E-state index < -0.39 is 0 Å². The van der Waals surface area contributed by atoms with Crippen LogP contribution in [0.15, 0.2) is 24.3 Å². The number of thiazole rings is 1. The number of halogens is 1. The van der Waals surface area contributed by atoms with E-state index in [1.54, 1.807) is 0 Å². The van der Waals surface area contributed by atoms with E-state index in [4.69, 9.17) is 4.98 Å². The van der Waals surface area contributed by atoms with Gasteiger partial charge in [-0.3, -0.25) is 0 Å². The lowest BCUT2D eigenvalue weighted by Crippen LogP contribution is -2.09. The summed E-state index contributed by atoms with van der Waals surface area (Å²) in [6, 6.07) is 8.42. The van der Waals surface area contributed by atoms with Gasteiger partial charge in [-0.2, -0.15) is 0 Å². The Balaban J connectivity index is 1.83. The van der Waals surface area contributed by atoms with E-state index in [2.05, 4.69) is 40.2 Å². The maximum absolute atomic E-state index is 4.71. The number of hydrogen-bond acceptors (Lipinski definition) is 2. The van der Waals surface area contributed by atoms with Crippen LogP contribution < -0.4 is 0 Å². The summed E-state index contributed by atoms with van der Waals surface area (Å²) in [5.74, 6) is 0.792. The first-order valence-electron chi connectivity index (χ1n) is 5.81. The first-order valence-corrected chi connectivity index (χ1v) is 7.54. The smallest absolute Gasteiger partial charge is 0.0941 e. The van der Waals surface area contributed by atoms with Crippen LogP contribution in [0, 0.1) is 5.92 Å². The van der Waals surface area contributed by atoms with E-state index >= 15 is 0 Å². The zero-order chi connectivity index (χ0) is 11.0. The van der Waals surface area contributed by atoms with Crippen LogP contribution in [-0.2, 0) is 6.42 Å². The van der Waals surface area contributed by atoms with Crippen LogP contribution in [-0.4, -0.2) is 9.81 Å². The molecule has 16 heavy (non-hydrogen) atoms. The van der Waals surface area contributed by atoms with Crippen molar-refractivity contribution in [2.75, 3.05) is 0 Å². The minimum absolute atomic E-state index is 0.708. The van der Waals surface area contributed by atoms with Gasteiger partial charge in [0.2, 0.25) is 0 Å². The summed E-state index contributed by atoms with van der Waals surface area (Å²) in [7, 11) is 0. The number of para-hydroxylation sites is 1. The molecule has 0 spiro atoms. The number of aromatic nitrogens is 1. The van der Waals surface area contributed by atoms with Crippen LogP contribution in [0.2, 0.25) is 0 Å². The molecule has 0 aliphatic heterocycles. The van der Waals surface area contributed by atoms with E-state index in [1.807, 2.05) is 11.3 Å². The van der Waals surface area contributed by atoms with Crippen LogP contribution >= 0.6 is 27.3 Å². The van der Waals surface area contributed by atoms with E-state index in [9.17, 15) is 0 Å². The number of nitrogens with zero attached hydrogens (tertiary/aromatic N) is 1. The van der Waals surface area contributed by atoms with Gasteiger partial charge in [-0.15, -0.1) is 11.3 Å². The SMILES string of the molecule is BrC1CCCC1Cc1nc2ccccc2s1. The largest absolute Gasteiger partial charge is 0.241 e. The summed E-state index contributed by atoms with van der Waals surface area (Å²) < 4.78 is 1.32. The van der Waals surface area contributed by atoms with Crippen molar-refractivity contribution in [2.45, 2.75) is 30.5 Å². The van der Waals surface area contributed by atoms with Crippen LogP contribution in [0.25, 0.3) is 10.2 Å². The highest BCUT2D eigenvalue weighted by Gasteiger charge is 2.25. The molecule has 1 fully saturated rings. The molecule has 1 aromatic heterocycles. The molecular weight excluding hydrogens is 282 g/mol. The predicted octanol–water partition coefficient (Wildman–Crippen LogP) is 4.40. The topological polar surface area (TPSA) is 12.9 Å². The Morgan fingerprint density at radius 3 is 2.94 bits per heavy atom. The standard InChI is InChI=1S/C13H14BrNS/c14-10-5-3-4-9(10)8-13-15-11-6-1-2-7-12(11)16-13/h1-2,6-7,9-10H,3-5,8H2. The molecule has 1 saturated carbocycles. The van der Waals surface area contributed by atoms with Crippen LogP contribution in [0.5, 0.6) is 0 Å². The molecule has 1 aromatic carbocycles. The number of hydrogen-bond donors (Lipinski definition) is 0. The van der Waals surface area contributed by atoms with Gasteiger partial charge >= 0.3 is 0 Å². The predicted molar refractivity (Wildman–Crippen MR) is 73.4 cm³/mol. The van der Waals surface area contributed by atoms with Crippen molar-refractivity contribution in [1.29, 1.82) is 0 Å². The van der Waals surface area contributed by atoms with Gasteiger partial charge in [0.05, 0.1) is 15.2 Å². The zero-order valence-corrected chi connectivity index (χ0v) is 11.4. The Labute approximate surface area is 108 Å². The third-order valence-electron chi connectivity index (χ3n) is 3.34. The lowest BCUT2D eigenvalue weighted by atomic mass is 10.1. The Morgan fingerprint density at radius 1 is 1.31 bits per heavy atom. The fourth-order valence-electron chi connectivity index (χ4n) is 2.45. The minimum atomic E-state index is 0.708. The number of alkyl halides is 1. The van der Waals surface area contributed by atoms with Crippen LogP contribution in [0.3, 0.4) is 0 Å². The monoisotopic (exact) mass is 295 g/mol. The highest BCUT2D eigenvalue weighted by Crippen LogP contribution is 2.35. The lowest BCUT2D eigenvalue weighted by molar-refractivity contribution is 0.561. The first kappa shape index (κ1) is 10.7. The molecule has 3 rings (SSSR count). The van der Waals surface area contributed by atoms with Crippen molar-refractivity contribution < 1.29 is 0 Å². The molecular formula is C13H14BrNS. The number of fused-ring (bicyclic) bond motifs is 1. The van der Waals surface area contributed by atoms with Gasteiger partial charge < -0.3 is 0 Å². The fourth-order valence-corrected chi connectivity index (χ4v) is 4.29. The van der Waals surface area contributed by atoms with Crippen molar-refractivity contribution in [3.05, 3.63) is 29.3 Å². The number of benzene rings is 1. The van der Waals surface area contributed by atoms with Crippen molar-refractivity contribution in [2.24, 2.45) is 5.92 Å². The molecule has 0 radical (unpaired) electrons. The van der Waals surface area contributed by atoms with Crippen LogP contribution in [0.1, 0.15) is 24.3 Å². The third-order valence-corrected chi connectivity index (χ3v) is 5.61. The van der Waals surface area contributed by atoms with E-state index in [0.717, 1.165) is 17.9 Å². The van der Waals surface area contributed by atoms with Gasteiger partial charge in [0.15, 0.2) is 0 Å². The van der Waals surface area contributed by atoms with Gasteiger partial charge in [0, 0.05) is 11.2 Å². The van der Waals surface area contributed by atoms with Crippen molar-refractivity contribution in [3.63, 3.8) is 0 Å². The second-order valence-electron chi connectivity index (χ2n) is 4.49. The second-order valence-corrected chi connectivity index (χ2v) is 6.78. The third kappa shape index (κ3) is 2.03. The molecule has 0 N–H and O–H groups in total. The molecule has 1 aliphatic rings. The molecule has 0 saturated heterocycles. The summed E-state index contributed by atoms with van der Waals surface area (Å²) in [4.78, 5) is 5.42. The fraction of sp³-hybridized carbons (Fsp3) is 0.462. The van der Waals surface area contributed by atoms with Crippen molar-refractivity contribution in [3.8, 4) is 0 Å². The molecule has 1 aliphatic carbocycles. The molecule has 0 bridgehead atoms. The second kappa shape index (κ2) is 4.46. The maximum Gasteiger partial charge on any atom is 0.0941 e. The van der Waals surface area contributed by atoms with Gasteiger partial charge in [-0.1, -0.05) is 34.5 Å². The minimum Gasteiger partial charge on any atom is -0.241 e. The normalized spacial score (nSPS) is 25.3. The molecule has 1 nitrogen and oxygen atoms in total. The maximum atomic E-state index is 4.71. The Kier molecular flexibility index (Phi) is 2.99. The van der Waals surface area contributed by atoms with E-state index in [0.29, 0.717) is 4.83 Å². The Hall–Kier alpha value is -0.410. The first-order chi connectivity index (χ1) is 7.83. The van der Waals surface area contributed by atoms with Crippen molar-refractivity contribution in [1.82, 2.24) is 4.98 Å². The molecule has 3 heteroatoms. The van der Waals surface area contributed by atoms with Gasteiger partial charge in [0.25, 0.3) is 0 Å². The summed E-state index contributed by atoms with van der Waals surface area (Å²) in [5.41, 5.74) is 1.16. The van der Waals surface area contributed by atoms with E-state index in [-0.39, 0.29) is 0 Å². The highest BCUT2D eigenvalue weighted by molar-refractivity contribution is 9.09. The molecule has 84 valence electrons. The summed E-state index contributed by atoms with van der Waals surface area (Å²) >= 11 is 5.64. The molecule has 1 heterocycles. The Bertz CT molecular complexity index is 460. The quantitative estimate of drug-likeness (QED) is 0.748. The van der Waals surface area contributed by atoms with Gasteiger partial charge in [-0.25, -0.2) is 4.98 Å². The van der Waals surface area contributed by atoms with Crippen molar-refractivity contribution >= 4 is 37.5 Å². The Morgan fingerprint density at radius 2 is 2.19 bits per heavy atom. The summed E-state index contributed by atoms with van der Waals surface area (Å²) in [6.07, 6.45) is 5.20. The summed E-state index contributed by atoms with van der Waals surface area (Å²) in [6.45, 7) is 0. The van der Waals surface area contributed by atoms with E-state index in [1.165, 1.54) is 29.0 Å². The summed E-state index contributed by atoms with van der Waals surface area (Å²) in [5, 5.41) is 1.30. The molecule has 0 amide bonds. The van der Waals surface area contributed by atoms with Gasteiger partial charge in [-0.05, 0) is 30.9 Å². The highest BCUT2D eigenvalue weighted by atomic mass is 79.9. The number of rotatable bonds is 2. The average Bonchev–Trinajstić information content (AvgIpc) is 2.85. The molecule has 2 atom stereocenters. The molecule has 2 unspecified atom stereocenters.